The lowest BCUT2D eigenvalue weighted by Crippen LogP contribution is -2.37. The number of aliphatic hydroxyl groups is 1. The number of piperidine rings is 1. The minimum atomic E-state index is -0.374. The molecule has 0 bridgehead atoms. The molecule has 0 aliphatic carbocycles. The summed E-state index contributed by atoms with van der Waals surface area (Å²) >= 11 is 0. The molecule has 1 N–H and O–H groups in total. The van der Waals surface area contributed by atoms with Gasteiger partial charge in [-0.2, -0.15) is 0 Å². The number of β-amino-alcohol motifs (C(OH)–C–C–N with tert-alkyl or cyclic N) is 1. The molecule has 5 heteroatoms. The Hall–Kier alpha value is -1.33. The molecule has 1 atom stereocenters. The second-order valence-corrected chi connectivity index (χ2v) is 4.71. The summed E-state index contributed by atoms with van der Waals surface area (Å²) in [6.07, 6.45) is 1.60. The zero-order valence-corrected chi connectivity index (χ0v) is 10.8. The Morgan fingerprint density at radius 3 is 3.11 bits per heavy atom. The second kappa shape index (κ2) is 5.54. The first-order valence-electron chi connectivity index (χ1n) is 6.18. The van der Waals surface area contributed by atoms with Gasteiger partial charge in [0.15, 0.2) is 0 Å². The van der Waals surface area contributed by atoms with Crippen molar-refractivity contribution in [3.8, 4) is 0 Å². The van der Waals surface area contributed by atoms with Gasteiger partial charge in [-0.3, -0.25) is 4.90 Å². The van der Waals surface area contributed by atoms with Crippen LogP contribution in [0.5, 0.6) is 0 Å². The number of aliphatic hydroxyl groups excluding tert-OH is 1. The van der Waals surface area contributed by atoms with E-state index < -0.39 is 0 Å². The first-order chi connectivity index (χ1) is 8.60. The van der Waals surface area contributed by atoms with Crippen molar-refractivity contribution in [1.29, 1.82) is 0 Å². The van der Waals surface area contributed by atoms with Crippen LogP contribution >= 0.6 is 0 Å². The zero-order chi connectivity index (χ0) is 13.1. The standard InChI is InChI=1S/C13H19NO4/c1-9-12(13(16)17-2)6-11(18-9)8-14-5-3-4-10(15)7-14/h6,10,15H,3-5,7-8H2,1-2H3/t10-/m0/s1. The molecule has 100 valence electrons. The van der Waals surface area contributed by atoms with E-state index in [0.717, 1.165) is 25.1 Å². The van der Waals surface area contributed by atoms with Crippen LogP contribution < -0.4 is 0 Å². The fraction of sp³-hybridized carbons (Fsp3) is 0.615. The van der Waals surface area contributed by atoms with E-state index in [0.29, 0.717) is 24.4 Å². The minimum Gasteiger partial charge on any atom is -0.465 e. The van der Waals surface area contributed by atoms with E-state index in [-0.39, 0.29) is 12.1 Å². The summed E-state index contributed by atoms with van der Waals surface area (Å²) in [5, 5.41) is 9.60. The van der Waals surface area contributed by atoms with Gasteiger partial charge in [-0.15, -0.1) is 0 Å². The van der Waals surface area contributed by atoms with Crippen molar-refractivity contribution in [3.63, 3.8) is 0 Å². The lowest BCUT2D eigenvalue weighted by atomic mass is 10.1. The van der Waals surface area contributed by atoms with Gasteiger partial charge in [0.05, 0.1) is 19.8 Å². The smallest absolute Gasteiger partial charge is 0.341 e. The molecule has 0 saturated carbocycles. The predicted octanol–water partition coefficient (Wildman–Crippen LogP) is 1.33. The molecule has 1 aromatic rings. The number of carbonyl (C=O) groups excluding carboxylic acids is 1. The summed E-state index contributed by atoms with van der Waals surface area (Å²) in [7, 11) is 1.36. The van der Waals surface area contributed by atoms with Crippen molar-refractivity contribution >= 4 is 5.97 Å². The van der Waals surface area contributed by atoms with Crippen molar-refractivity contribution in [2.45, 2.75) is 32.4 Å². The molecule has 5 nitrogen and oxygen atoms in total. The van der Waals surface area contributed by atoms with Gasteiger partial charge in [0.1, 0.15) is 17.1 Å². The molecule has 1 aliphatic heterocycles. The zero-order valence-electron chi connectivity index (χ0n) is 10.8. The monoisotopic (exact) mass is 253 g/mol. The fourth-order valence-electron chi connectivity index (χ4n) is 2.33. The van der Waals surface area contributed by atoms with Crippen LogP contribution in [0.1, 0.15) is 34.7 Å². The summed E-state index contributed by atoms with van der Waals surface area (Å²) in [6.45, 7) is 3.98. The molecule has 1 fully saturated rings. The molecular formula is C13H19NO4. The van der Waals surface area contributed by atoms with Crippen molar-refractivity contribution in [2.24, 2.45) is 0 Å². The van der Waals surface area contributed by atoms with Gasteiger partial charge in [-0.1, -0.05) is 0 Å². The van der Waals surface area contributed by atoms with Crippen LogP contribution in [0.15, 0.2) is 10.5 Å². The second-order valence-electron chi connectivity index (χ2n) is 4.71. The first-order valence-corrected chi connectivity index (χ1v) is 6.18. The van der Waals surface area contributed by atoms with E-state index in [4.69, 9.17) is 4.42 Å². The van der Waals surface area contributed by atoms with E-state index in [1.165, 1.54) is 7.11 Å². The highest BCUT2D eigenvalue weighted by Crippen LogP contribution is 2.19. The Balaban J connectivity index is 2.03. The highest BCUT2D eigenvalue weighted by atomic mass is 16.5. The number of esters is 1. The summed E-state index contributed by atoms with van der Waals surface area (Å²) in [6, 6.07) is 1.72. The number of hydrogen-bond acceptors (Lipinski definition) is 5. The van der Waals surface area contributed by atoms with E-state index in [1.807, 2.05) is 0 Å². The van der Waals surface area contributed by atoms with Crippen LogP contribution in [0, 0.1) is 6.92 Å². The molecule has 1 aromatic heterocycles. The first kappa shape index (κ1) is 13.1. The summed E-state index contributed by atoms with van der Waals surface area (Å²) < 4.78 is 10.2. The summed E-state index contributed by atoms with van der Waals surface area (Å²) in [5.74, 6) is 0.942. The number of furan rings is 1. The lowest BCUT2D eigenvalue weighted by Gasteiger charge is -2.29. The van der Waals surface area contributed by atoms with Crippen LogP contribution in [0.25, 0.3) is 0 Å². The van der Waals surface area contributed by atoms with E-state index in [9.17, 15) is 9.90 Å². The molecule has 1 saturated heterocycles. The van der Waals surface area contributed by atoms with Crippen molar-refractivity contribution in [1.82, 2.24) is 4.90 Å². The number of ether oxygens (including phenoxy) is 1. The Morgan fingerprint density at radius 2 is 2.44 bits per heavy atom. The predicted molar refractivity (Wildman–Crippen MR) is 65.3 cm³/mol. The van der Waals surface area contributed by atoms with E-state index >= 15 is 0 Å². The molecule has 2 rings (SSSR count). The van der Waals surface area contributed by atoms with Crippen LogP contribution in [0.4, 0.5) is 0 Å². The largest absolute Gasteiger partial charge is 0.465 e. The van der Waals surface area contributed by atoms with Crippen molar-refractivity contribution < 1.29 is 19.1 Å². The van der Waals surface area contributed by atoms with Gasteiger partial charge in [0, 0.05) is 6.54 Å². The van der Waals surface area contributed by atoms with Crippen LogP contribution in [-0.2, 0) is 11.3 Å². The lowest BCUT2D eigenvalue weighted by molar-refractivity contribution is 0.0598. The van der Waals surface area contributed by atoms with Crippen LogP contribution in [0.2, 0.25) is 0 Å². The Labute approximate surface area is 106 Å². The molecule has 18 heavy (non-hydrogen) atoms. The average Bonchev–Trinajstić information content (AvgIpc) is 2.69. The number of rotatable bonds is 3. The number of carbonyl (C=O) groups is 1. The van der Waals surface area contributed by atoms with E-state index in [1.54, 1.807) is 13.0 Å². The number of methoxy groups -OCH3 is 1. The van der Waals surface area contributed by atoms with Gasteiger partial charge in [-0.05, 0) is 32.4 Å². The highest BCUT2D eigenvalue weighted by Gasteiger charge is 2.21. The van der Waals surface area contributed by atoms with Gasteiger partial charge in [0.2, 0.25) is 0 Å². The van der Waals surface area contributed by atoms with Gasteiger partial charge in [0.25, 0.3) is 0 Å². The van der Waals surface area contributed by atoms with Crippen LogP contribution in [0.3, 0.4) is 0 Å². The van der Waals surface area contributed by atoms with E-state index in [2.05, 4.69) is 9.64 Å². The molecule has 0 aromatic carbocycles. The normalized spacial score (nSPS) is 20.9. The van der Waals surface area contributed by atoms with Gasteiger partial charge >= 0.3 is 5.97 Å². The summed E-state index contributed by atoms with van der Waals surface area (Å²) in [4.78, 5) is 13.6. The minimum absolute atomic E-state index is 0.255. The Morgan fingerprint density at radius 1 is 1.67 bits per heavy atom. The third-order valence-electron chi connectivity index (χ3n) is 3.23. The average molecular weight is 253 g/mol. The molecule has 0 unspecified atom stereocenters. The highest BCUT2D eigenvalue weighted by molar-refractivity contribution is 5.90. The molecule has 0 radical (unpaired) electrons. The molecule has 0 amide bonds. The third-order valence-corrected chi connectivity index (χ3v) is 3.23. The molecule has 0 spiro atoms. The molecule has 1 aliphatic rings. The number of hydrogen-bond donors (Lipinski definition) is 1. The van der Waals surface area contributed by atoms with Crippen molar-refractivity contribution in [2.75, 3.05) is 20.2 Å². The quantitative estimate of drug-likeness (QED) is 0.823. The fourth-order valence-corrected chi connectivity index (χ4v) is 2.33. The van der Waals surface area contributed by atoms with Gasteiger partial charge in [-0.25, -0.2) is 4.79 Å². The molecular weight excluding hydrogens is 234 g/mol. The maximum atomic E-state index is 11.5. The maximum Gasteiger partial charge on any atom is 0.341 e. The number of aryl methyl sites for hydroxylation is 1. The topological polar surface area (TPSA) is 62.9 Å². The third kappa shape index (κ3) is 2.91. The molecule has 2 heterocycles. The summed E-state index contributed by atoms with van der Waals surface area (Å²) in [5.41, 5.74) is 0.477. The Bertz CT molecular complexity index is 427. The Kier molecular flexibility index (Phi) is 4.04. The SMILES string of the molecule is COC(=O)c1cc(CN2CCC[C@H](O)C2)oc1C. The number of nitrogens with zero attached hydrogens (tertiary/aromatic N) is 1. The van der Waals surface area contributed by atoms with Crippen LogP contribution in [-0.4, -0.2) is 42.3 Å². The number of likely N-dealkylation sites (tertiary alicyclic amines) is 1. The van der Waals surface area contributed by atoms with Crippen molar-refractivity contribution in [3.05, 3.63) is 23.2 Å². The van der Waals surface area contributed by atoms with Gasteiger partial charge < -0.3 is 14.3 Å². The maximum absolute atomic E-state index is 11.5.